The van der Waals surface area contributed by atoms with Gasteiger partial charge in [-0.05, 0) is 17.7 Å². The van der Waals surface area contributed by atoms with Crippen LogP contribution in [0.25, 0.3) is 0 Å². The zero-order chi connectivity index (χ0) is 13.9. The standard InChI is InChI=1S/C14H15N3O3/c1-18-14-13(16-4-5-17-14)12(15)9-2-3-10-11(8-9)20-7-6-19-10/h2-5,8,12H,6-7,15H2,1H3. The fourth-order valence-electron chi connectivity index (χ4n) is 2.12. The first-order valence-electron chi connectivity index (χ1n) is 6.29. The van der Waals surface area contributed by atoms with E-state index in [1.54, 1.807) is 19.5 Å². The summed E-state index contributed by atoms with van der Waals surface area (Å²) in [4.78, 5) is 8.36. The van der Waals surface area contributed by atoms with E-state index in [0.717, 1.165) is 11.3 Å². The van der Waals surface area contributed by atoms with Gasteiger partial charge in [-0.3, -0.25) is 4.98 Å². The Balaban J connectivity index is 1.96. The van der Waals surface area contributed by atoms with Crippen LogP contribution in [0.15, 0.2) is 30.6 Å². The summed E-state index contributed by atoms with van der Waals surface area (Å²) in [5, 5.41) is 0. The maximum absolute atomic E-state index is 6.25. The van der Waals surface area contributed by atoms with Gasteiger partial charge in [0.25, 0.3) is 0 Å². The summed E-state index contributed by atoms with van der Waals surface area (Å²) in [6, 6.07) is 5.18. The van der Waals surface area contributed by atoms with Crippen molar-refractivity contribution in [2.75, 3.05) is 20.3 Å². The highest BCUT2D eigenvalue weighted by Crippen LogP contribution is 2.34. The molecule has 20 heavy (non-hydrogen) atoms. The quantitative estimate of drug-likeness (QED) is 0.908. The molecule has 0 spiro atoms. The highest BCUT2D eigenvalue weighted by molar-refractivity contribution is 5.46. The Morgan fingerprint density at radius 1 is 1.15 bits per heavy atom. The number of benzene rings is 1. The molecule has 1 aliphatic rings. The van der Waals surface area contributed by atoms with Crippen LogP contribution >= 0.6 is 0 Å². The molecule has 0 saturated heterocycles. The molecule has 2 heterocycles. The van der Waals surface area contributed by atoms with E-state index in [2.05, 4.69) is 9.97 Å². The number of nitrogens with zero attached hydrogens (tertiary/aromatic N) is 2. The van der Waals surface area contributed by atoms with Gasteiger partial charge >= 0.3 is 0 Å². The molecule has 0 bridgehead atoms. The Morgan fingerprint density at radius 3 is 2.70 bits per heavy atom. The van der Waals surface area contributed by atoms with Crippen molar-refractivity contribution >= 4 is 0 Å². The van der Waals surface area contributed by atoms with E-state index in [9.17, 15) is 0 Å². The van der Waals surface area contributed by atoms with Crippen molar-refractivity contribution in [3.63, 3.8) is 0 Å². The largest absolute Gasteiger partial charge is 0.486 e. The predicted octanol–water partition coefficient (Wildman–Crippen LogP) is 1.30. The lowest BCUT2D eigenvalue weighted by molar-refractivity contribution is 0.171. The Hall–Kier alpha value is -2.34. The molecule has 6 nitrogen and oxygen atoms in total. The summed E-state index contributed by atoms with van der Waals surface area (Å²) in [5.41, 5.74) is 7.71. The highest BCUT2D eigenvalue weighted by Gasteiger charge is 2.19. The molecule has 0 aliphatic carbocycles. The van der Waals surface area contributed by atoms with Gasteiger partial charge in [-0.2, -0.15) is 0 Å². The maximum Gasteiger partial charge on any atom is 0.237 e. The smallest absolute Gasteiger partial charge is 0.237 e. The summed E-state index contributed by atoms with van der Waals surface area (Å²) in [5.74, 6) is 1.86. The molecule has 0 amide bonds. The minimum absolute atomic E-state index is 0.426. The van der Waals surface area contributed by atoms with Gasteiger partial charge in [-0.1, -0.05) is 6.07 Å². The minimum Gasteiger partial charge on any atom is -0.486 e. The van der Waals surface area contributed by atoms with Crippen LogP contribution in [0.2, 0.25) is 0 Å². The van der Waals surface area contributed by atoms with Crippen molar-refractivity contribution in [3.05, 3.63) is 41.9 Å². The van der Waals surface area contributed by atoms with Crippen LogP contribution in [-0.4, -0.2) is 30.3 Å². The number of hydrogen-bond acceptors (Lipinski definition) is 6. The normalized spacial score (nSPS) is 14.7. The number of ether oxygens (including phenoxy) is 3. The van der Waals surface area contributed by atoms with Gasteiger partial charge in [0.2, 0.25) is 5.88 Å². The van der Waals surface area contributed by atoms with Gasteiger partial charge in [0.1, 0.15) is 18.9 Å². The first kappa shape index (κ1) is 12.7. The third-order valence-corrected chi connectivity index (χ3v) is 3.10. The maximum atomic E-state index is 6.25. The van der Waals surface area contributed by atoms with Crippen LogP contribution in [0, 0.1) is 0 Å². The summed E-state index contributed by atoms with van der Waals surface area (Å²) >= 11 is 0. The first-order valence-corrected chi connectivity index (χ1v) is 6.29. The van der Waals surface area contributed by atoms with Crippen LogP contribution in [0.1, 0.15) is 17.3 Å². The molecule has 1 aliphatic heterocycles. The van der Waals surface area contributed by atoms with Crippen LogP contribution in [-0.2, 0) is 0 Å². The second-order valence-electron chi connectivity index (χ2n) is 4.33. The average Bonchev–Trinajstić information content (AvgIpc) is 2.53. The molecule has 2 N–H and O–H groups in total. The van der Waals surface area contributed by atoms with Crippen molar-refractivity contribution in [1.82, 2.24) is 9.97 Å². The summed E-state index contributed by atoms with van der Waals surface area (Å²) < 4.78 is 16.2. The number of hydrogen-bond donors (Lipinski definition) is 1. The topological polar surface area (TPSA) is 79.5 Å². The SMILES string of the molecule is COc1nccnc1C(N)c1ccc2c(c1)OCCO2. The molecule has 0 saturated carbocycles. The molecule has 1 unspecified atom stereocenters. The van der Waals surface area contributed by atoms with Crippen molar-refractivity contribution in [2.45, 2.75) is 6.04 Å². The Labute approximate surface area is 116 Å². The molecule has 0 radical (unpaired) electrons. The Kier molecular flexibility index (Phi) is 3.39. The Bertz CT molecular complexity index is 618. The molecule has 2 aromatic rings. The number of rotatable bonds is 3. The van der Waals surface area contributed by atoms with Crippen LogP contribution < -0.4 is 19.9 Å². The number of fused-ring (bicyclic) bond motifs is 1. The number of nitrogens with two attached hydrogens (primary N) is 1. The van der Waals surface area contributed by atoms with E-state index in [1.807, 2.05) is 18.2 Å². The van der Waals surface area contributed by atoms with Gasteiger partial charge in [-0.15, -0.1) is 0 Å². The molecule has 0 fully saturated rings. The minimum atomic E-state index is -0.436. The average molecular weight is 273 g/mol. The summed E-state index contributed by atoms with van der Waals surface area (Å²) in [6.07, 6.45) is 3.16. The lowest BCUT2D eigenvalue weighted by Gasteiger charge is -2.20. The molecule has 6 heteroatoms. The van der Waals surface area contributed by atoms with Gasteiger partial charge in [0, 0.05) is 12.4 Å². The van der Waals surface area contributed by atoms with Crippen molar-refractivity contribution in [2.24, 2.45) is 5.73 Å². The van der Waals surface area contributed by atoms with Crippen LogP contribution in [0.4, 0.5) is 0 Å². The lowest BCUT2D eigenvalue weighted by Crippen LogP contribution is -2.18. The van der Waals surface area contributed by atoms with E-state index >= 15 is 0 Å². The summed E-state index contributed by atoms with van der Waals surface area (Å²) in [6.45, 7) is 1.11. The molecule has 1 aromatic heterocycles. The van der Waals surface area contributed by atoms with Gasteiger partial charge in [0.05, 0.1) is 13.2 Å². The van der Waals surface area contributed by atoms with Crippen molar-refractivity contribution in [3.8, 4) is 17.4 Å². The third-order valence-electron chi connectivity index (χ3n) is 3.10. The fourth-order valence-corrected chi connectivity index (χ4v) is 2.12. The molecule has 1 atom stereocenters. The van der Waals surface area contributed by atoms with E-state index in [0.29, 0.717) is 30.5 Å². The zero-order valence-corrected chi connectivity index (χ0v) is 11.1. The number of aromatic nitrogens is 2. The fraction of sp³-hybridized carbons (Fsp3) is 0.286. The van der Waals surface area contributed by atoms with Crippen LogP contribution in [0.3, 0.4) is 0 Å². The Morgan fingerprint density at radius 2 is 1.90 bits per heavy atom. The van der Waals surface area contributed by atoms with E-state index in [1.165, 1.54) is 0 Å². The molecule has 104 valence electrons. The predicted molar refractivity (Wildman–Crippen MR) is 72.0 cm³/mol. The molecule has 1 aromatic carbocycles. The van der Waals surface area contributed by atoms with Gasteiger partial charge in [-0.25, -0.2) is 4.98 Å². The van der Waals surface area contributed by atoms with Crippen molar-refractivity contribution < 1.29 is 14.2 Å². The molecule has 3 rings (SSSR count). The van der Waals surface area contributed by atoms with E-state index < -0.39 is 6.04 Å². The molecular weight excluding hydrogens is 258 g/mol. The zero-order valence-electron chi connectivity index (χ0n) is 11.1. The molecular formula is C14H15N3O3. The third kappa shape index (κ3) is 2.25. The first-order chi connectivity index (χ1) is 9.79. The number of methoxy groups -OCH3 is 1. The second-order valence-corrected chi connectivity index (χ2v) is 4.33. The van der Waals surface area contributed by atoms with Gasteiger partial charge < -0.3 is 19.9 Å². The highest BCUT2D eigenvalue weighted by atomic mass is 16.6. The van der Waals surface area contributed by atoms with Crippen LogP contribution in [0.5, 0.6) is 17.4 Å². The summed E-state index contributed by atoms with van der Waals surface area (Å²) in [7, 11) is 1.55. The second kappa shape index (κ2) is 5.34. The van der Waals surface area contributed by atoms with Gasteiger partial charge in [0.15, 0.2) is 11.5 Å². The monoisotopic (exact) mass is 273 g/mol. The van der Waals surface area contributed by atoms with Crippen molar-refractivity contribution in [1.29, 1.82) is 0 Å². The van der Waals surface area contributed by atoms with E-state index in [4.69, 9.17) is 19.9 Å². The van der Waals surface area contributed by atoms with E-state index in [-0.39, 0.29) is 0 Å². The lowest BCUT2D eigenvalue weighted by atomic mass is 10.0.